The van der Waals surface area contributed by atoms with Gasteiger partial charge in [0.2, 0.25) is 0 Å². The summed E-state index contributed by atoms with van der Waals surface area (Å²) in [6.45, 7) is 4.67. The van der Waals surface area contributed by atoms with Gasteiger partial charge in [0.25, 0.3) is 0 Å². The Hall–Kier alpha value is -2.01. The number of hydrogen-bond donors (Lipinski definition) is 2. The van der Waals surface area contributed by atoms with Crippen molar-refractivity contribution < 1.29 is 0 Å². The summed E-state index contributed by atoms with van der Waals surface area (Å²) in [7, 11) is 0. The standard InChI is InChI=1S/C14H16N4S/c1-9-3-6-17-14(12(9)13(15)19)18-8-11-4-5-16-7-10(11)2/h3-7H,8H2,1-2H3,(H2,15,19)(H,17,18). The van der Waals surface area contributed by atoms with Gasteiger partial charge in [0, 0.05) is 25.1 Å². The molecule has 0 bridgehead atoms. The highest BCUT2D eigenvalue weighted by Crippen LogP contribution is 2.17. The molecular formula is C14H16N4S. The second-order valence-corrected chi connectivity index (χ2v) is 4.81. The van der Waals surface area contributed by atoms with Gasteiger partial charge in [-0.2, -0.15) is 0 Å². The summed E-state index contributed by atoms with van der Waals surface area (Å²) in [6.07, 6.45) is 5.37. The maximum Gasteiger partial charge on any atom is 0.136 e. The number of hydrogen-bond acceptors (Lipinski definition) is 4. The minimum atomic E-state index is 0.361. The van der Waals surface area contributed by atoms with Crippen molar-refractivity contribution in [3.63, 3.8) is 0 Å². The van der Waals surface area contributed by atoms with Crippen LogP contribution in [0.3, 0.4) is 0 Å². The van der Waals surface area contributed by atoms with Crippen LogP contribution in [0.15, 0.2) is 30.7 Å². The molecule has 0 saturated carbocycles. The van der Waals surface area contributed by atoms with Crippen molar-refractivity contribution in [2.45, 2.75) is 20.4 Å². The topological polar surface area (TPSA) is 63.8 Å². The largest absolute Gasteiger partial charge is 0.389 e. The highest BCUT2D eigenvalue weighted by Gasteiger charge is 2.09. The number of anilines is 1. The van der Waals surface area contributed by atoms with Crippen LogP contribution in [0.5, 0.6) is 0 Å². The molecule has 2 aromatic heterocycles. The lowest BCUT2D eigenvalue weighted by molar-refractivity contribution is 1.06. The zero-order valence-corrected chi connectivity index (χ0v) is 11.8. The van der Waals surface area contributed by atoms with E-state index < -0.39 is 0 Å². The number of aryl methyl sites for hydroxylation is 2. The maximum atomic E-state index is 5.76. The predicted octanol–water partition coefficient (Wildman–Crippen LogP) is 2.34. The lowest BCUT2D eigenvalue weighted by Crippen LogP contribution is -2.16. The van der Waals surface area contributed by atoms with Crippen LogP contribution in [-0.4, -0.2) is 15.0 Å². The Balaban J connectivity index is 2.23. The molecule has 5 heteroatoms. The molecule has 0 saturated heterocycles. The molecule has 0 aromatic carbocycles. The van der Waals surface area contributed by atoms with Crippen molar-refractivity contribution in [3.8, 4) is 0 Å². The molecule has 2 rings (SSSR count). The van der Waals surface area contributed by atoms with Crippen molar-refractivity contribution in [3.05, 3.63) is 53.0 Å². The molecule has 4 nitrogen and oxygen atoms in total. The van der Waals surface area contributed by atoms with E-state index in [2.05, 4.69) is 15.3 Å². The SMILES string of the molecule is Cc1cnccc1CNc1nccc(C)c1C(N)=S. The third-order valence-electron chi connectivity index (χ3n) is 2.99. The van der Waals surface area contributed by atoms with Crippen LogP contribution in [0.1, 0.15) is 22.3 Å². The molecule has 0 fully saturated rings. The van der Waals surface area contributed by atoms with Crippen LogP contribution in [-0.2, 0) is 6.54 Å². The molecule has 0 radical (unpaired) electrons. The number of nitrogens with one attached hydrogen (secondary N) is 1. The number of nitrogens with two attached hydrogens (primary N) is 1. The fourth-order valence-electron chi connectivity index (χ4n) is 1.88. The molecule has 0 aliphatic rings. The van der Waals surface area contributed by atoms with E-state index in [0.29, 0.717) is 11.5 Å². The second kappa shape index (κ2) is 5.75. The van der Waals surface area contributed by atoms with Gasteiger partial charge >= 0.3 is 0 Å². The predicted molar refractivity (Wildman–Crippen MR) is 81.2 cm³/mol. The Bertz CT molecular complexity index is 610. The van der Waals surface area contributed by atoms with Gasteiger partial charge in [0.05, 0.1) is 5.56 Å². The second-order valence-electron chi connectivity index (χ2n) is 4.37. The molecule has 0 unspecified atom stereocenters. The molecule has 3 N–H and O–H groups in total. The maximum absolute atomic E-state index is 5.76. The average molecular weight is 272 g/mol. The van der Waals surface area contributed by atoms with E-state index in [9.17, 15) is 0 Å². The molecule has 2 heterocycles. The molecule has 0 aliphatic heterocycles. The number of thiocarbonyl (C=S) groups is 1. The lowest BCUT2D eigenvalue weighted by Gasteiger charge is -2.13. The van der Waals surface area contributed by atoms with Crippen molar-refractivity contribution in [1.82, 2.24) is 9.97 Å². The van der Waals surface area contributed by atoms with Gasteiger partial charge < -0.3 is 11.1 Å². The van der Waals surface area contributed by atoms with Gasteiger partial charge in [0.1, 0.15) is 10.8 Å². The number of pyridine rings is 2. The lowest BCUT2D eigenvalue weighted by atomic mass is 10.1. The van der Waals surface area contributed by atoms with Crippen molar-refractivity contribution in [2.24, 2.45) is 5.73 Å². The molecule has 0 amide bonds. The zero-order valence-electron chi connectivity index (χ0n) is 11.0. The van der Waals surface area contributed by atoms with E-state index in [4.69, 9.17) is 18.0 Å². The summed E-state index contributed by atoms with van der Waals surface area (Å²) in [5.74, 6) is 0.726. The monoisotopic (exact) mass is 272 g/mol. The van der Waals surface area contributed by atoms with Crippen LogP contribution < -0.4 is 11.1 Å². The van der Waals surface area contributed by atoms with E-state index >= 15 is 0 Å². The average Bonchev–Trinajstić information content (AvgIpc) is 2.37. The first-order valence-corrected chi connectivity index (χ1v) is 6.39. The van der Waals surface area contributed by atoms with Gasteiger partial charge in [-0.05, 0) is 42.7 Å². The smallest absolute Gasteiger partial charge is 0.136 e. The third-order valence-corrected chi connectivity index (χ3v) is 3.19. The first-order valence-electron chi connectivity index (χ1n) is 5.98. The van der Waals surface area contributed by atoms with Gasteiger partial charge in [-0.3, -0.25) is 4.98 Å². The Labute approximate surface area is 118 Å². The summed E-state index contributed by atoms with van der Waals surface area (Å²) in [6, 6.07) is 3.88. The Kier molecular flexibility index (Phi) is 4.06. The van der Waals surface area contributed by atoms with Crippen molar-refractivity contribution in [1.29, 1.82) is 0 Å². The summed E-state index contributed by atoms with van der Waals surface area (Å²) in [5, 5.41) is 3.29. The molecule has 98 valence electrons. The molecule has 0 aliphatic carbocycles. The molecule has 0 atom stereocenters. The first kappa shape index (κ1) is 13.4. The molecule has 2 aromatic rings. The van der Waals surface area contributed by atoms with Crippen molar-refractivity contribution in [2.75, 3.05) is 5.32 Å². The summed E-state index contributed by atoms with van der Waals surface area (Å²) in [4.78, 5) is 8.75. The van der Waals surface area contributed by atoms with Gasteiger partial charge in [0.15, 0.2) is 0 Å². The Morgan fingerprint density at radius 3 is 2.74 bits per heavy atom. The summed E-state index contributed by atoms with van der Waals surface area (Å²) < 4.78 is 0. The van der Waals surface area contributed by atoms with Crippen LogP contribution in [0.4, 0.5) is 5.82 Å². The van der Waals surface area contributed by atoms with Crippen LogP contribution in [0.25, 0.3) is 0 Å². The van der Waals surface area contributed by atoms with Gasteiger partial charge in [-0.15, -0.1) is 0 Å². The first-order chi connectivity index (χ1) is 9.09. The minimum Gasteiger partial charge on any atom is -0.389 e. The normalized spacial score (nSPS) is 10.2. The minimum absolute atomic E-state index is 0.361. The zero-order chi connectivity index (χ0) is 13.8. The Morgan fingerprint density at radius 1 is 1.26 bits per heavy atom. The molecular weight excluding hydrogens is 256 g/mol. The third kappa shape index (κ3) is 3.06. The number of rotatable bonds is 4. The van der Waals surface area contributed by atoms with E-state index in [0.717, 1.165) is 22.5 Å². The fraction of sp³-hybridized carbons (Fsp3) is 0.214. The van der Waals surface area contributed by atoms with E-state index in [-0.39, 0.29) is 0 Å². The highest BCUT2D eigenvalue weighted by molar-refractivity contribution is 7.80. The molecule has 0 spiro atoms. The van der Waals surface area contributed by atoms with Crippen LogP contribution >= 0.6 is 12.2 Å². The number of aromatic nitrogens is 2. The van der Waals surface area contributed by atoms with E-state index in [1.54, 1.807) is 12.4 Å². The summed E-state index contributed by atoms with van der Waals surface area (Å²) in [5.41, 5.74) is 9.90. The highest BCUT2D eigenvalue weighted by atomic mass is 32.1. The van der Waals surface area contributed by atoms with Crippen LogP contribution in [0.2, 0.25) is 0 Å². The summed E-state index contributed by atoms with van der Waals surface area (Å²) >= 11 is 5.08. The van der Waals surface area contributed by atoms with E-state index in [1.165, 1.54) is 5.56 Å². The van der Waals surface area contributed by atoms with Crippen LogP contribution in [0, 0.1) is 13.8 Å². The number of nitrogens with zero attached hydrogens (tertiary/aromatic N) is 2. The fourth-order valence-corrected chi connectivity index (χ4v) is 2.14. The van der Waals surface area contributed by atoms with Crippen molar-refractivity contribution >= 4 is 23.0 Å². The van der Waals surface area contributed by atoms with E-state index in [1.807, 2.05) is 32.2 Å². The molecule has 19 heavy (non-hydrogen) atoms. The quantitative estimate of drug-likeness (QED) is 0.836. The van der Waals surface area contributed by atoms with Gasteiger partial charge in [-0.25, -0.2) is 4.98 Å². The van der Waals surface area contributed by atoms with Gasteiger partial charge in [-0.1, -0.05) is 12.2 Å². The Morgan fingerprint density at radius 2 is 2.05 bits per heavy atom.